The number of carbonyl (C=O) groups excluding carboxylic acids is 1. The maximum absolute atomic E-state index is 13.1. The molecular formula is C19H22N4O3. The van der Waals surface area contributed by atoms with Gasteiger partial charge in [-0.25, -0.2) is 9.59 Å². The molecule has 0 N–H and O–H groups in total. The lowest BCUT2D eigenvalue weighted by atomic mass is 10.2. The number of esters is 1. The van der Waals surface area contributed by atoms with Gasteiger partial charge in [0.25, 0.3) is 0 Å². The van der Waals surface area contributed by atoms with E-state index < -0.39 is 5.97 Å². The highest BCUT2D eigenvalue weighted by Crippen LogP contribution is 2.31. The van der Waals surface area contributed by atoms with E-state index in [0.29, 0.717) is 18.0 Å². The first-order valence-corrected chi connectivity index (χ1v) is 8.78. The Morgan fingerprint density at radius 1 is 1.27 bits per heavy atom. The molecule has 0 saturated heterocycles. The van der Waals surface area contributed by atoms with E-state index in [-0.39, 0.29) is 5.69 Å². The van der Waals surface area contributed by atoms with Crippen molar-refractivity contribution in [3.63, 3.8) is 0 Å². The zero-order valence-corrected chi connectivity index (χ0v) is 15.2. The highest BCUT2D eigenvalue weighted by atomic mass is 16.5. The molecule has 0 aliphatic heterocycles. The normalized spacial score (nSPS) is 14.1. The molecule has 1 aromatic carbocycles. The molecule has 26 heavy (non-hydrogen) atoms. The van der Waals surface area contributed by atoms with Crippen molar-refractivity contribution in [3.8, 4) is 0 Å². The molecule has 0 atom stereocenters. The minimum Gasteiger partial charge on any atom is -0.465 e. The Labute approximate surface area is 150 Å². The summed E-state index contributed by atoms with van der Waals surface area (Å²) in [5, 5.41) is 4.36. The van der Waals surface area contributed by atoms with Gasteiger partial charge in [-0.1, -0.05) is 0 Å². The van der Waals surface area contributed by atoms with Gasteiger partial charge in [-0.15, -0.1) is 0 Å². The van der Waals surface area contributed by atoms with Gasteiger partial charge in [0.1, 0.15) is 0 Å². The number of benzene rings is 1. The molecule has 0 spiro atoms. The number of ether oxygens (including phenoxy) is 1. The van der Waals surface area contributed by atoms with E-state index in [1.807, 2.05) is 30.8 Å². The summed E-state index contributed by atoms with van der Waals surface area (Å²) >= 11 is 0. The Morgan fingerprint density at radius 3 is 2.65 bits per heavy atom. The number of methoxy groups -OCH3 is 1. The predicted octanol–water partition coefficient (Wildman–Crippen LogP) is 2.09. The summed E-state index contributed by atoms with van der Waals surface area (Å²) < 4.78 is 10.1. The number of carbonyl (C=O) groups is 1. The number of hydrogen-bond donors (Lipinski definition) is 0. The summed E-state index contributed by atoms with van der Waals surface area (Å²) in [6, 6.07) is 5.31. The quantitative estimate of drug-likeness (QED) is 0.658. The van der Waals surface area contributed by atoms with E-state index in [4.69, 9.17) is 4.74 Å². The summed E-state index contributed by atoms with van der Waals surface area (Å²) in [6.07, 6.45) is 4.26. The number of rotatable bonds is 5. The molecule has 1 saturated carbocycles. The summed E-state index contributed by atoms with van der Waals surface area (Å²) in [7, 11) is 3.22. The molecule has 2 aromatic heterocycles. The van der Waals surface area contributed by atoms with Gasteiger partial charge in [0.15, 0.2) is 0 Å². The number of fused-ring (bicyclic) bond motifs is 1. The summed E-state index contributed by atoms with van der Waals surface area (Å²) in [6.45, 7) is 3.09. The fraction of sp³-hybridized carbons (Fsp3) is 0.421. The molecule has 1 fully saturated rings. The van der Waals surface area contributed by atoms with Gasteiger partial charge >= 0.3 is 11.7 Å². The van der Waals surface area contributed by atoms with Gasteiger partial charge < -0.3 is 4.74 Å². The average molecular weight is 354 g/mol. The number of imidazole rings is 1. The molecule has 136 valence electrons. The Kier molecular flexibility index (Phi) is 3.94. The smallest absolute Gasteiger partial charge is 0.337 e. The minimum atomic E-state index is -0.404. The van der Waals surface area contributed by atoms with E-state index in [1.165, 1.54) is 20.0 Å². The van der Waals surface area contributed by atoms with E-state index in [9.17, 15) is 9.59 Å². The van der Waals surface area contributed by atoms with Gasteiger partial charge in [0.05, 0.1) is 35.9 Å². The van der Waals surface area contributed by atoms with Crippen molar-refractivity contribution in [2.45, 2.75) is 32.9 Å². The van der Waals surface area contributed by atoms with Crippen molar-refractivity contribution < 1.29 is 9.53 Å². The van der Waals surface area contributed by atoms with Crippen molar-refractivity contribution >= 4 is 17.0 Å². The number of aromatic nitrogens is 4. The average Bonchev–Trinajstić information content (AvgIpc) is 3.34. The second-order valence-corrected chi connectivity index (χ2v) is 7.03. The molecule has 1 aliphatic carbocycles. The third-order valence-electron chi connectivity index (χ3n) is 5.02. The first-order valence-electron chi connectivity index (χ1n) is 8.78. The Hall–Kier alpha value is -2.83. The van der Waals surface area contributed by atoms with E-state index >= 15 is 0 Å². The topological polar surface area (TPSA) is 71.1 Å². The summed E-state index contributed by atoms with van der Waals surface area (Å²) in [4.78, 5) is 25.0. The molecule has 4 rings (SSSR count). The van der Waals surface area contributed by atoms with Crippen LogP contribution in [0.15, 0.2) is 29.2 Å². The van der Waals surface area contributed by atoms with Gasteiger partial charge in [-0.3, -0.25) is 13.8 Å². The lowest BCUT2D eigenvalue weighted by molar-refractivity contribution is 0.0601. The summed E-state index contributed by atoms with van der Waals surface area (Å²) in [5.74, 6) is 0.172. The van der Waals surface area contributed by atoms with Crippen molar-refractivity contribution in [1.82, 2.24) is 18.9 Å². The number of hydrogen-bond acceptors (Lipinski definition) is 4. The second kappa shape index (κ2) is 6.16. The maximum atomic E-state index is 13.1. The van der Waals surface area contributed by atoms with Crippen LogP contribution in [0, 0.1) is 12.8 Å². The van der Waals surface area contributed by atoms with Crippen molar-refractivity contribution in [3.05, 3.63) is 51.7 Å². The molecule has 2 heterocycles. The molecule has 7 heteroatoms. The van der Waals surface area contributed by atoms with Crippen LogP contribution in [0.4, 0.5) is 0 Å². The zero-order valence-electron chi connectivity index (χ0n) is 15.2. The maximum Gasteiger partial charge on any atom is 0.337 e. The molecule has 3 aromatic rings. The standard InChI is InChI=1S/C19H22N4O3/c1-12-15(10-21(2)20-12)11-23-17-8-14(18(24)26-3)6-7-16(17)22(19(23)25)9-13-4-5-13/h6-8,10,13H,4-5,9,11H2,1-3H3. The molecule has 0 unspecified atom stereocenters. The molecule has 7 nitrogen and oxygen atoms in total. The zero-order chi connectivity index (χ0) is 18.4. The highest BCUT2D eigenvalue weighted by molar-refractivity contribution is 5.93. The van der Waals surface area contributed by atoms with Crippen LogP contribution in [0.3, 0.4) is 0 Å². The molecular weight excluding hydrogens is 332 g/mol. The van der Waals surface area contributed by atoms with Crippen molar-refractivity contribution in [2.75, 3.05) is 7.11 Å². The molecule has 0 amide bonds. The first kappa shape index (κ1) is 16.6. The monoisotopic (exact) mass is 354 g/mol. The van der Waals surface area contributed by atoms with Crippen LogP contribution in [-0.2, 0) is 24.9 Å². The summed E-state index contributed by atoms with van der Waals surface area (Å²) in [5.41, 5.74) is 3.89. The van der Waals surface area contributed by atoms with E-state index in [2.05, 4.69) is 5.10 Å². The van der Waals surface area contributed by atoms with Crippen LogP contribution in [0.2, 0.25) is 0 Å². The number of nitrogens with zero attached hydrogens (tertiary/aromatic N) is 4. The van der Waals surface area contributed by atoms with Gasteiger partial charge in [-0.05, 0) is 43.9 Å². The highest BCUT2D eigenvalue weighted by Gasteiger charge is 2.25. The minimum absolute atomic E-state index is 0.0443. The number of aryl methyl sites for hydroxylation is 2. The van der Waals surface area contributed by atoms with Crippen LogP contribution in [0.5, 0.6) is 0 Å². The lowest BCUT2D eigenvalue weighted by Gasteiger charge is -2.04. The van der Waals surface area contributed by atoms with Gasteiger partial charge in [0, 0.05) is 25.4 Å². The van der Waals surface area contributed by atoms with Crippen LogP contribution < -0.4 is 5.69 Å². The van der Waals surface area contributed by atoms with E-state index in [1.54, 1.807) is 21.4 Å². The van der Waals surface area contributed by atoms with Gasteiger partial charge in [-0.2, -0.15) is 5.10 Å². The molecule has 1 aliphatic rings. The van der Waals surface area contributed by atoms with Gasteiger partial charge in [0.2, 0.25) is 0 Å². The fourth-order valence-corrected chi connectivity index (χ4v) is 3.43. The van der Waals surface area contributed by atoms with Crippen molar-refractivity contribution in [2.24, 2.45) is 13.0 Å². The first-order chi connectivity index (χ1) is 12.5. The Bertz CT molecular complexity index is 1050. The van der Waals surface area contributed by atoms with E-state index in [0.717, 1.165) is 28.8 Å². The second-order valence-electron chi connectivity index (χ2n) is 7.03. The lowest BCUT2D eigenvalue weighted by Crippen LogP contribution is -2.25. The van der Waals surface area contributed by atoms with Crippen LogP contribution in [-0.4, -0.2) is 32.0 Å². The van der Waals surface area contributed by atoms with Crippen LogP contribution in [0.25, 0.3) is 11.0 Å². The van der Waals surface area contributed by atoms with Crippen LogP contribution in [0.1, 0.15) is 34.5 Å². The SMILES string of the molecule is COC(=O)c1ccc2c(c1)n(Cc1cn(C)nc1C)c(=O)n2CC1CC1. The third kappa shape index (κ3) is 2.83. The largest absolute Gasteiger partial charge is 0.465 e. The van der Waals surface area contributed by atoms with Crippen LogP contribution >= 0.6 is 0 Å². The third-order valence-corrected chi connectivity index (χ3v) is 5.02. The fourth-order valence-electron chi connectivity index (χ4n) is 3.43. The molecule has 0 bridgehead atoms. The Morgan fingerprint density at radius 2 is 2.04 bits per heavy atom. The van der Waals surface area contributed by atoms with Crippen molar-refractivity contribution in [1.29, 1.82) is 0 Å². The Balaban J connectivity index is 1.87. The molecule has 0 radical (unpaired) electrons. The predicted molar refractivity (Wildman–Crippen MR) is 97.3 cm³/mol.